The van der Waals surface area contributed by atoms with Crippen LogP contribution in [0.3, 0.4) is 0 Å². The van der Waals surface area contributed by atoms with Crippen LogP contribution in [0.25, 0.3) is 0 Å². The van der Waals surface area contributed by atoms with Crippen LogP contribution in [0.5, 0.6) is 0 Å². The highest BCUT2D eigenvalue weighted by Crippen LogP contribution is 2.29. The monoisotopic (exact) mass is 219 g/mol. The standard InChI is InChI=1S/C13H17NO2/c1-13(16,11-5-3-2-4-6-11)9-14-12(15)10-7-8-10/h2-6,10,16H,7-9H2,1H3,(H,14,15). The molecule has 0 heterocycles. The van der Waals surface area contributed by atoms with Gasteiger partial charge in [-0.1, -0.05) is 30.3 Å². The predicted molar refractivity (Wildman–Crippen MR) is 61.7 cm³/mol. The Morgan fingerprint density at radius 1 is 1.44 bits per heavy atom. The Bertz CT molecular complexity index is 369. The van der Waals surface area contributed by atoms with Gasteiger partial charge in [-0.25, -0.2) is 0 Å². The summed E-state index contributed by atoms with van der Waals surface area (Å²) in [6.45, 7) is 1.99. The van der Waals surface area contributed by atoms with Crippen LogP contribution >= 0.6 is 0 Å². The second-order valence-corrected chi connectivity index (χ2v) is 4.63. The Labute approximate surface area is 95.5 Å². The van der Waals surface area contributed by atoms with E-state index in [1.165, 1.54) is 0 Å². The average molecular weight is 219 g/mol. The zero-order chi connectivity index (χ0) is 11.6. The molecule has 1 atom stereocenters. The fourth-order valence-electron chi connectivity index (χ4n) is 1.65. The van der Waals surface area contributed by atoms with Gasteiger partial charge in [0, 0.05) is 5.92 Å². The van der Waals surface area contributed by atoms with E-state index in [-0.39, 0.29) is 18.4 Å². The van der Waals surface area contributed by atoms with E-state index in [1.54, 1.807) is 6.92 Å². The zero-order valence-corrected chi connectivity index (χ0v) is 9.44. The van der Waals surface area contributed by atoms with E-state index in [0.717, 1.165) is 18.4 Å². The lowest BCUT2D eigenvalue weighted by atomic mass is 9.96. The number of aliphatic hydroxyl groups is 1. The van der Waals surface area contributed by atoms with Crippen molar-refractivity contribution < 1.29 is 9.90 Å². The molecule has 86 valence electrons. The van der Waals surface area contributed by atoms with E-state index in [2.05, 4.69) is 5.32 Å². The van der Waals surface area contributed by atoms with Crippen LogP contribution in [0.1, 0.15) is 25.3 Å². The van der Waals surface area contributed by atoms with Crippen LogP contribution in [-0.4, -0.2) is 17.6 Å². The summed E-state index contributed by atoms with van der Waals surface area (Å²) in [5.41, 5.74) is -0.169. The molecule has 0 saturated heterocycles. The molecule has 0 bridgehead atoms. The summed E-state index contributed by atoms with van der Waals surface area (Å²) >= 11 is 0. The molecule has 1 aliphatic carbocycles. The van der Waals surface area contributed by atoms with Gasteiger partial charge in [0.25, 0.3) is 0 Å². The largest absolute Gasteiger partial charge is 0.384 e. The third-order valence-electron chi connectivity index (χ3n) is 2.95. The molecule has 0 radical (unpaired) electrons. The number of carbonyl (C=O) groups is 1. The molecule has 3 heteroatoms. The summed E-state index contributed by atoms with van der Waals surface area (Å²) in [5, 5.41) is 13.0. The highest BCUT2D eigenvalue weighted by Gasteiger charge is 2.31. The molecule has 1 amide bonds. The van der Waals surface area contributed by atoms with Crippen molar-refractivity contribution in [2.24, 2.45) is 5.92 Å². The number of rotatable bonds is 4. The molecule has 0 spiro atoms. The second-order valence-electron chi connectivity index (χ2n) is 4.63. The lowest BCUT2D eigenvalue weighted by Crippen LogP contribution is -2.39. The molecule has 2 rings (SSSR count). The molecule has 1 aliphatic rings. The Morgan fingerprint density at radius 3 is 2.62 bits per heavy atom. The average Bonchev–Trinajstić information content (AvgIpc) is 3.11. The smallest absolute Gasteiger partial charge is 0.223 e. The molecular weight excluding hydrogens is 202 g/mol. The first-order valence-electron chi connectivity index (χ1n) is 5.65. The minimum atomic E-state index is -0.994. The van der Waals surface area contributed by atoms with E-state index < -0.39 is 5.60 Å². The number of hydrogen-bond donors (Lipinski definition) is 2. The third-order valence-corrected chi connectivity index (χ3v) is 2.95. The first-order chi connectivity index (χ1) is 7.59. The normalized spacial score (nSPS) is 18.9. The molecule has 0 aliphatic heterocycles. The number of amides is 1. The molecule has 3 nitrogen and oxygen atoms in total. The fraction of sp³-hybridized carbons (Fsp3) is 0.462. The van der Waals surface area contributed by atoms with Crippen LogP contribution in [0, 0.1) is 5.92 Å². The van der Waals surface area contributed by atoms with Gasteiger partial charge < -0.3 is 10.4 Å². The topological polar surface area (TPSA) is 49.3 Å². The fourth-order valence-corrected chi connectivity index (χ4v) is 1.65. The van der Waals surface area contributed by atoms with Gasteiger partial charge in [-0.15, -0.1) is 0 Å². The van der Waals surface area contributed by atoms with Crippen molar-refractivity contribution in [3.63, 3.8) is 0 Å². The summed E-state index contributed by atoms with van der Waals surface area (Å²) < 4.78 is 0. The van der Waals surface area contributed by atoms with E-state index >= 15 is 0 Å². The van der Waals surface area contributed by atoms with Crippen molar-refractivity contribution in [3.8, 4) is 0 Å². The summed E-state index contributed by atoms with van der Waals surface area (Å²) in [6.07, 6.45) is 1.97. The quantitative estimate of drug-likeness (QED) is 0.804. The lowest BCUT2D eigenvalue weighted by Gasteiger charge is -2.24. The first-order valence-corrected chi connectivity index (χ1v) is 5.65. The van der Waals surface area contributed by atoms with Crippen LogP contribution < -0.4 is 5.32 Å². The van der Waals surface area contributed by atoms with Crippen molar-refractivity contribution in [1.29, 1.82) is 0 Å². The Hall–Kier alpha value is -1.35. The predicted octanol–water partition coefficient (Wildman–Crippen LogP) is 1.42. The van der Waals surface area contributed by atoms with E-state index in [9.17, 15) is 9.90 Å². The van der Waals surface area contributed by atoms with Crippen molar-refractivity contribution in [3.05, 3.63) is 35.9 Å². The van der Waals surface area contributed by atoms with Crippen molar-refractivity contribution >= 4 is 5.91 Å². The van der Waals surface area contributed by atoms with Gasteiger partial charge >= 0.3 is 0 Å². The SMILES string of the molecule is CC(O)(CNC(=O)C1CC1)c1ccccc1. The minimum Gasteiger partial charge on any atom is -0.384 e. The molecule has 16 heavy (non-hydrogen) atoms. The third kappa shape index (κ3) is 2.61. The number of hydrogen-bond acceptors (Lipinski definition) is 2. The van der Waals surface area contributed by atoms with Crippen LogP contribution in [0.4, 0.5) is 0 Å². The molecule has 1 aromatic carbocycles. The van der Waals surface area contributed by atoms with Gasteiger partial charge in [-0.05, 0) is 25.3 Å². The second kappa shape index (κ2) is 4.26. The zero-order valence-electron chi connectivity index (χ0n) is 9.44. The minimum absolute atomic E-state index is 0.0659. The van der Waals surface area contributed by atoms with Gasteiger partial charge in [0.1, 0.15) is 5.60 Å². The van der Waals surface area contributed by atoms with Gasteiger partial charge in [0.15, 0.2) is 0 Å². The number of carbonyl (C=O) groups excluding carboxylic acids is 1. The Kier molecular flexibility index (Phi) is 2.97. The molecular formula is C13H17NO2. The highest BCUT2D eigenvalue weighted by molar-refractivity contribution is 5.80. The maximum absolute atomic E-state index is 11.5. The van der Waals surface area contributed by atoms with E-state index in [1.807, 2.05) is 30.3 Å². The van der Waals surface area contributed by atoms with Gasteiger partial charge in [0.05, 0.1) is 6.54 Å². The van der Waals surface area contributed by atoms with Gasteiger partial charge in [-0.3, -0.25) is 4.79 Å². The summed E-state index contributed by atoms with van der Waals surface area (Å²) in [6, 6.07) is 9.40. The Morgan fingerprint density at radius 2 is 2.06 bits per heavy atom. The lowest BCUT2D eigenvalue weighted by molar-refractivity contribution is -0.123. The number of nitrogens with one attached hydrogen (secondary N) is 1. The summed E-state index contributed by atoms with van der Waals surface area (Å²) in [7, 11) is 0. The molecule has 1 fully saturated rings. The van der Waals surface area contributed by atoms with Crippen molar-refractivity contribution in [2.45, 2.75) is 25.4 Å². The highest BCUT2D eigenvalue weighted by atomic mass is 16.3. The van der Waals surface area contributed by atoms with Crippen LogP contribution in [0.2, 0.25) is 0 Å². The van der Waals surface area contributed by atoms with Gasteiger partial charge in [0.2, 0.25) is 5.91 Å². The molecule has 2 N–H and O–H groups in total. The molecule has 1 saturated carbocycles. The molecule has 1 unspecified atom stereocenters. The first kappa shape index (κ1) is 11.1. The Balaban J connectivity index is 1.94. The van der Waals surface area contributed by atoms with Gasteiger partial charge in [-0.2, -0.15) is 0 Å². The maximum atomic E-state index is 11.5. The van der Waals surface area contributed by atoms with Crippen LogP contribution in [0.15, 0.2) is 30.3 Å². The molecule has 0 aromatic heterocycles. The number of benzene rings is 1. The van der Waals surface area contributed by atoms with Crippen molar-refractivity contribution in [1.82, 2.24) is 5.32 Å². The van der Waals surface area contributed by atoms with E-state index in [0.29, 0.717) is 0 Å². The molecule has 1 aromatic rings. The van der Waals surface area contributed by atoms with E-state index in [4.69, 9.17) is 0 Å². The van der Waals surface area contributed by atoms with Crippen LogP contribution in [-0.2, 0) is 10.4 Å². The maximum Gasteiger partial charge on any atom is 0.223 e. The summed E-state index contributed by atoms with van der Waals surface area (Å²) in [5.74, 6) is 0.253. The van der Waals surface area contributed by atoms with Crippen molar-refractivity contribution in [2.75, 3.05) is 6.54 Å². The summed E-state index contributed by atoms with van der Waals surface area (Å²) in [4.78, 5) is 11.5.